The van der Waals surface area contributed by atoms with Gasteiger partial charge in [-0.3, -0.25) is 0 Å². The van der Waals surface area contributed by atoms with Crippen LogP contribution in [0.15, 0.2) is 24.3 Å². The maximum Gasteiger partial charge on any atom is 0.0135 e. The van der Waals surface area contributed by atoms with E-state index < -0.39 is 0 Å². The molecule has 1 heteroatoms. The minimum atomic E-state index is 0.781. The first-order chi connectivity index (χ1) is 8.36. The molecule has 0 aliphatic heterocycles. The van der Waals surface area contributed by atoms with E-state index in [4.69, 9.17) is 0 Å². The summed E-state index contributed by atoms with van der Waals surface area (Å²) in [7, 11) is 0. The fourth-order valence-corrected chi connectivity index (χ4v) is 4.21. The third-order valence-electron chi connectivity index (χ3n) is 4.92. The number of hydrogen-bond donors (Lipinski definition) is 1. The number of fused-ring (bicyclic) bond motifs is 3. The van der Waals surface area contributed by atoms with Crippen LogP contribution < -0.4 is 5.32 Å². The van der Waals surface area contributed by atoms with Crippen LogP contribution in [0.3, 0.4) is 0 Å². The van der Waals surface area contributed by atoms with Gasteiger partial charge < -0.3 is 5.32 Å². The van der Waals surface area contributed by atoms with Crippen LogP contribution >= 0.6 is 0 Å². The van der Waals surface area contributed by atoms with Gasteiger partial charge in [0.25, 0.3) is 0 Å². The second kappa shape index (κ2) is 4.45. The van der Waals surface area contributed by atoms with E-state index in [1.54, 1.807) is 11.1 Å². The Morgan fingerprint density at radius 2 is 2.06 bits per heavy atom. The normalized spacial score (nSPS) is 34.7. The molecule has 0 saturated heterocycles. The van der Waals surface area contributed by atoms with E-state index in [1.807, 2.05) is 0 Å². The molecule has 3 rings (SSSR count). The van der Waals surface area contributed by atoms with Crippen molar-refractivity contribution in [3.8, 4) is 0 Å². The zero-order valence-corrected chi connectivity index (χ0v) is 10.9. The molecule has 4 unspecified atom stereocenters. The molecule has 1 fully saturated rings. The van der Waals surface area contributed by atoms with E-state index in [1.165, 1.54) is 19.3 Å². The minimum absolute atomic E-state index is 0.781. The molecular formula is C16H23N. The van der Waals surface area contributed by atoms with Gasteiger partial charge >= 0.3 is 0 Å². The maximum atomic E-state index is 3.71. The summed E-state index contributed by atoms with van der Waals surface area (Å²) in [5.41, 5.74) is 3.27. The Bertz CT molecular complexity index is 398. The smallest absolute Gasteiger partial charge is 0.0135 e. The molecule has 0 aromatic heterocycles. The highest BCUT2D eigenvalue weighted by Gasteiger charge is 2.50. The van der Waals surface area contributed by atoms with Gasteiger partial charge in [-0.05, 0) is 48.3 Å². The van der Waals surface area contributed by atoms with Crippen LogP contribution in [-0.2, 0) is 6.42 Å². The van der Waals surface area contributed by atoms with Crippen molar-refractivity contribution < 1.29 is 0 Å². The van der Waals surface area contributed by atoms with Crippen LogP contribution in [0.5, 0.6) is 0 Å². The van der Waals surface area contributed by atoms with Gasteiger partial charge in [0.05, 0.1) is 0 Å². The molecule has 4 atom stereocenters. The van der Waals surface area contributed by atoms with E-state index in [2.05, 4.69) is 43.4 Å². The van der Waals surface area contributed by atoms with Crippen molar-refractivity contribution in [3.05, 3.63) is 35.4 Å². The fourth-order valence-electron chi connectivity index (χ4n) is 4.21. The monoisotopic (exact) mass is 229 g/mol. The van der Waals surface area contributed by atoms with Crippen molar-refractivity contribution in [1.82, 2.24) is 5.32 Å². The summed E-state index contributed by atoms with van der Waals surface area (Å²) in [6.07, 6.45) is 3.98. The summed E-state index contributed by atoms with van der Waals surface area (Å²) in [4.78, 5) is 0. The summed E-state index contributed by atoms with van der Waals surface area (Å²) >= 11 is 0. The number of benzene rings is 1. The second-order valence-electron chi connectivity index (χ2n) is 5.58. The summed E-state index contributed by atoms with van der Waals surface area (Å²) in [5, 5.41) is 3.71. The summed E-state index contributed by atoms with van der Waals surface area (Å²) in [6.45, 7) is 5.70. The topological polar surface area (TPSA) is 12.0 Å². The molecule has 92 valence electrons. The van der Waals surface area contributed by atoms with Gasteiger partial charge in [0.15, 0.2) is 0 Å². The van der Waals surface area contributed by atoms with E-state index >= 15 is 0 Å². The first kappa shape index (κ1) is 11.3. The quantitative estimate of drug-likeness (QED) is 0.838. The van der Waals surface area contributed by atoms with Crippen molar-refractivity contribution in [3.63, 3.8) is 0 Å². The van der Waals surface area contributed by atoms with Crippen LogP contribution in [0, 0.1) is 11.8 Å². The largest absolute Gasteiger partial charge is 0.314 e. The van der Waals surface area contributed by atoms with Crippen molar-refractivity contribution in [2.24, 2.45) is 11.8 Å². The zero-order chi connectivity index (χ0) is 11.8. The molecule has 1 nitrogen and oxygen atoms in total. The first-order valence-electron chi connectivity index (χ1n) is 7.18. The molecule has 0 bridgehead atoms. The van der Waals surface area contributed by atoms with Crippen LogP contribution in [0.2, 0.25) is 0 Å². The highest BCUT2D eigenvalue weighted by molar-refractivity contribution is 5.37. The highest BCUT2D eigenvalue weighted by atomic mass is 15.0. The SMILES string of the molecule is CCNC1C(CC)C2c3ccccc3CCC12. The van der Waals surface area contributed by atoms with Gasteiger partial charge in [-0.15, -0.1) is 0 Å². The fraction of sp³-hybridized carbons (Fsp3) is 0.625. The lowest BCUT2D eigenvalue weighted by atomic mass is 9.53. The van der Waals surface area contributed by atoms with Crippen LogP contribution in [-0.4, -0.2) is 12.6 Å². The van der Waals surface area contributed by atoms with E-state index in [0.29, 0.717) is 0 Å². The lowest BCUT2D eigenvalue weighted by Gasteiger charge is -2.55. The molecule has 1 saturated carbocycles. The molecule has 1 aromatic rings. The van der Waals surface area contributed by atoms with Gasteiger partial charge in [0.1, 0.15) is 0 Å². The molecular weight excluding hydrogens is 206 g/mol. The summed E-state index contributed by atoms with van der Waals surface area (Å²) < 4.78 is 0. The Labute approximate surface area is 105 Å². The first-order valence-corrected chi connectivity index (χ1v) is 7.18. The molecule has 0 heterocycles. The molecule has 2 aliphatic rings. The predicted molar refractivity (Wildman–Crippen MR) is 72.2 cm³/mol. The molecule has 1 aromatic carbocycles. The Morgan fingerprint density at radius 1 is 1.24 bits per heavy atom. The summed E-state index contributed by atoms with van der Waals surface area (Å²) in [5.74, 6) is 2.60. The lowest BCUT2D eigenvalue weighted by molar-refractivity contribution is 0.0515. The minimum Gasteiger partial charge on any atom is -0.314 e. The van der Waals surface area contributed by atoms with Gasteiger partial charge in [-0.2, -0.15) is 0 Å². The van der Waals surface area contributed by atoms with Crippen molar-refractivity contribution in [2.45, 2.75) is 45.1 Å². The highest BCUT2D eigenvalue weighted by Crippen LogP contribution is 2.54. The van der Waals surface area contributed by atoms with Crippen LogP contribution in [0.4, 0.5) is 0 Å². The van der Waals surface area contributed by atoms with Crippen LogP contribution in [0.25, 0.3) is 0 Å². The van der Waals surface area contributed by atoms with E-state index in [9.17, 15) is 0 Å². The van der Waals surface area contributed by atoms with Gasteiger partial charge in [-0.1, -0.05) is 44.5 Å². The number of rotatable bonds is 3. The third kappa shape index (κ3) is 1.63. The third-order valence-corrected chi connectivity index (χ3v) is 4.92. The molecule has 0 spiro atoms. The molecule has 0 amide bonds. The van der Waals surface area contributed by atoms with Gasteiger partial charge in [0.2, 0.25) is 0 Å². The molecule has 17 heavy (non-hydrogen) atoms. The predicted octanol–water partition coefficient (Wildman–Crippen LogP) is 3.35. The lowest BCUT2D eigenvalue weighted by Crippen LogP contribution is -2.58. The molecule has 0 radical (unpaired) electrons. The van der Waals surface area contributed by atoms with Gasteiger partial charge in [-0.25, -0.2) is 0 Å². The van der Waals surface area contributed by atoms with E-state index in [0.717, 1.165) is 30.3 Å². The zero-order valence-electron chi connectivity index (χ0n) is 10.9. The number of hydrogen-bond acceptors (Lipinski definition) is 1. The average molecular weight is 229 g/mol. The summed E-state index contributed by atoms with van der Waals surface area (Å²) in [6, 6.07) is 9.90. The Kier molecular flexibility index (Phi) is 2.96. The Morgan fingerprint density at radius 3 is 2.82 bits per heavy atom. The van der Waals surface area contributed by atoms with Crippen molar-refractivity contribution in [2.75, 3.05) is 6.54 Å². The maximum absolute atomic E-state index is 3.71. The van der Waals surface area contributed by atoms with Gasteiger partial charge in [0, 0.05) is 6.04 Å². The molecule has 2 aliphatic carbocycles. The van der Waals surface area contributed by atoms with Crippen molar-refractivity contribution >= 4 is 0 Å². The number of aryl methyl sites for hydroxylation is 1. The Hall–Kier alpha value is -0.820. The standard InChI is InChI=1S/C16H23N/c1-3-12-15-13-8-6-5-7-11(13)9-10-14(15)16(12)17-4-2/h5-8,12,14-17H,3-4,9-10H2,1-2H3. The van der Waals surface area contributed by atoms with E-state index in [-0.39, 0.29) is 0 Å². The second-order valence-corrected chi connectivity index (χ2v) is 5.58. The van der Waals surface area contributed by atoms with Crippen molar-refractivity contribution in [1.29, 1.82) is 0 Å². The number of nitrogens with one attached hydrogen (secondary N) is 1. The van der Waals surface area contributed by atoms with Crippen LogP contribution in [0.1, 0.15) is 43.7 Å². The molecule has 1 N–H and O–H groups in total. The average Bonchev–Trinajstić information content (AvgIpc) is 2.36. The Balaban J connectivity index is 1.89.